The van der Waals surface area contributed by atoms with Crippen molar-refractivity contribution in [1.82, 2.24) is 14.5 Å². The monoisotopic (exact) mass is 768 g/mol. The van der Waals surface area contributed by atoms with Gasteiger partial charge in [-0.1, -0.05) is 36.7 Å². The van der Waals surface area contributed by atoms with E-state index in [0.717, 1.165) is 114 Å². The summed E-state index contributed by atoms with van der Waals surface area (Å²) in [6.07, 6.45) is 11.0. The van der Waals surface area contributed by atoms with Crippen molar-refractivity contribution in [2.24, 2.45) is 17.8 Å². The molecule has 4 heterocycles. The third-order valence-corrected chi connectivity index (χ3v) is 15.0. The van der Waals surface area contributed by atoms with E-state index in [1.807, 2.05) is 44.4 Å². The zero-order valence-corrected chi connectivity index (χ0v) is 33.2. The Morgan fingerprint density at radius 3 is 2.57 bits per heavy atom. The molecule has 2 saturated heterocycles. The summed E-state index contributed by atoms with van der Waals surface area (Å²) in [6.45, 7) is 12.0. The van der Waals surface area contributed by atoms with Crippen molar-refractivity contribution >= 4 is 33.2 Å². The Labute approximate surface area is 321 Å². The summed E-state index contributed by atoms with van der Waals surface area (Å²) >= 11 is 6.41. The molecular weight excluding hydrogens is 712 g/mol. The third-order valence-electron chi connectivity index (χ3n) is 12.9. The zero-order valence-electron chi connectivity index (χ0n) is 31.6. The molecule has 0 unspecified atom stereocenters. The fourth-order valence-electron chi connectivity index (χ4n) is 9.08. The predicted molar refractivity (Wildman–Crippen MR) is 209 cm³/mol. The SMILES string of the molecule is CO[C@@]1(CN2CCN([C@@H]3CCOC3)CC2)/C=C/C[C@H](C)[C@@H](C)S(=O)(=O)NC(=O)c2ccc3c(c2)N(CCCCc2cc(Cl)ccc2CO3)C[C@@H]2CC[C@H]21. The molecule has 7 rings (SSSR count). The van der Waals surface area contributed by atoms with E-state index in [1.54, 1.807) is 13.0 Å². The van der Waals surface area contributed by atoms with Gasteiger partial charge in [0.15, 0.2) is 0 Å². The van der Waals surface area contributed by atoms with Crippen molar-refractivity contribution in [2.45, 2.75) is 82.3 Å². The van der Waals surface area contributed by atoms with Gasteiger partial charge < -0.3 is 19.1 Å². The number of rotatable bonds is 4. The molecule has 290 valence electrons. The maximum absolute atomic E-state index is 13.6. The van der Waals surface area contributed by atoms with Gasteiger partial charge in [0.05, 0.1) is 17.5 Å². The number of amides is 1. The minimum absolute atomic E-state index is 0.220. The number of hydrogen-bond acceptors (Lipinski definition) is 9. The first kappa shape index (κ1) is 38.6. The number of nitrogens with zero attached hydrogens (tertiary/aromatic N) is 3. The van der Waals surface area contributed by atoms with Crippen LogP contribution < -0.4 is 14.4 Å². The minimum atomic E-state index is -3.96. The van der Waals surface area contributed by atoms with Crippen LogP contribution in [-0.2, 0) is 32.5 Å². The number of sulfonamides is 1. The van der Waals surface area contributed by atoms with Gasteiger partial charge in [-0.25, -0.2) is 13.1 Å². The topological polar surface area (TPSA) is 101 Å². The Morgan fingerprint density at radius 2 is 1.83 bits per heavy atom. The lowest BCUT2D eigenvalue weighted by Crippen LogP contribution is -2.59. The Balaban J connectivity index is 1.22. The number of allylic oxidation sites excluding steroid dienone is 1. The summed E-state index contributed by atoms with van der Waals surface area (Å²) in [5.74, 6) is 0.462. The van der Waals surface area contributed by atoms with Crippen LogP contribution in [0.5, 0.6) is 5.75 Å². The van der Waals surface area contributed by atoms with Gasteiger partial charge >= 0.3 is 0 Å². The molecule has 1 saturated carbocycles. The molecule has 5 aliphatic rings. The molecule has 0 radical (unpaired) electrons. The van der Waals surface area contributed by atoms with E-state index in [-0.39, 0.29) is 11.8 Å². The number of methoxy groups -OCH3 is 1. The normalized spacial score (nSPS) is 32.3. The molecule has 53 heavy (non-hydrogen) atoms. The first-order valence-electron chi connectivity index (χ1n) is 19.7. The highest BCUT2D eigenvalue weighted by atomic mass is 35.5. The van der Waals surface area contributed by atoms with Crippen LogP contribution in [0.1, 0.15) is 73.9 Å². The number of hydrogen-bond donors (Lipinski definition) is 1. The predicted octanol–water partition coefficient (Wildman–Crippen LogP) is 5.92. The summed E-state index contributed by atoms with van der Waals surface area (Å²) in [4.78, 5) is 21.1. The largest absolute Gasteiger partial charge is 0.487 e. The summed E-state index contributed by atoms with van der Waals surface area (Å²) in [5, 5.41) is -0.0604. The van der Waals surface area contributed by atoms with Crippen LogP contribution >= 0.6 is 11.6 Å². The van der Waals surface area contributed by atoms with E-state index >= 15 is 0 Å². The van der Waals surface area contributed by atoms with Crippen LogP contribution in [0.4, 0.5) is 5.69 Å². The first-order valence-corrected chi connectivity index (χ1v) is 21.6. The Morgan fingerprint density at radius 1 is 1.00 bits per heavy atom. The summed E-state index contributed by atoms with van der Waals surface area (Å²) in [7, 11) is -2.11. The van der Waals surface area contributed by atoms with Crippen LogP contribution in [0.25, 0.3) is 0 Å². The molecular formula is C41H57ClN4O6S. The molecule has 1 N–H and O–H groups in total. The van der Waals surface area contributed by atoms with Crippen molar-refractivity contribution in [3.63, 3.8) is 0 Å². The molecule has 0 spiro atoms. The summed E-state index contributed by atoms with van der Waals surface area (Å²) in [6, 6.07) is 11.8. The molecule has 2 aromatic rings. The molecule has 10 nitrogen and oxygen atoms in total. The highest BCUT2D eigenvalue weighted by molar-refractivity contribution is 7.90. The molecule has 0 aromatic heterocycles. The van der Waals surface area contributed by atoms with Gasteiger partial charge in [-0.3, -0.25) is 14.6 Å². The number of aryl methyl sites for hydroxylation is 1. The lowest BCUT2D eigenvalue weighted by atomic mass is 9.63. The molecule has 1 amide bonds. The number of fused-ring (bicyclic) bond motifs is 3. The molecule has 2 bridgehead atoms. The minimum Gasteiger partial charge on any atom is -0.487 e. The van der Waals surface area contributed by atoms with Crippen molar-refractivity contribution in [3.05, 3.63) is 70.3 Å². The fraction of sp³-hybridized carbons (Fsp3) is 0.634. The number of piperazine rings is 1. The molecule has 1 aliphatic carbocycles. The average molecular weight is 769 g/mol. The van der Waals surface area contributed by atoms with E-state index in [9.17, 15) is 13.2 Å². The van der Waals surface area contributed by atoms with E-state index in [0.29, 0.717) is 36.3 Å². The van der Waals surface area contributed by atoms with Crippen LogP contribution in [0, 0.1) is 17.8 Å². The summed E-state index contributed by atoms with van der Waals surface area (Å²) < 4.78 is 48.5. The van der Waals surface area contributed by atoms with E-state index in [2.05, 4.69) is 31.6 Å². The molecule has 2 aromatic carbocycles. The van der Waals surface area contributed by atoms with Crippen molar-refractivity contribution < 1.29 is 27.4 Å². The van der Waals surface area contributed by atoms with Crippen LogP contribution in [0.15, 0.2) is 48.6 Å². The van der Waals surface area contributed by atoms with Gasteiger partial charge in [0.1, 0.15) is 18.0 Å². The van der Waals surface area contributed by atoms with Crippen molar-refractivity contribution in [3.8, 4) is 5.75 Å². The number of carbonyl (C=O) groups is 1. The highest BCUT2D eigenvalue weighted by Gasteiger charge is 2.48. The van der Waals surface area contributed by atoms with Gasteiger partial charge in [-0.05, 0) is 111 Å². The number of ether oxygens (including phenoxy) is 3. The van der Waals surface area contributed by atoms with Crippen LogP contribution in [-0.4, -0.2) is 107 Å². The lowest BCUT2D eigenvalue weighted by molar-refractivity contribution is -0.0963. The molecule has 12 heteroatoms. The van der Waals surface area contributed by atoms with Crippen LogP contribution in [0.3, 0.4) is 0 Å². The second-order valence-electron chi connectivity index (χ2n) is 16.0. The number of nitrogens with one attached hydrogen (secondary N) is 1. The highest BCUT2D eigenvalue weighted by Crippen LogP contribution is 2.47. The van der Waals surface area contributed by atoms with E-state index in [4.69, 9.17) is 25.8 Å². The van der Waals surface area contributed by atoms with Crippen molar-refractivity contribution in [2.75, 3.05) is 71.0 Å². The van der Waals surface area contributed by atoms with Gasteiger partial charge in [0.25, 0.3) is 5.91 Å². The standard InChI is InChI=1S/C41H57ClN4O6S/c1-29-7-6-16-41(50-3,28-44-18-20-45(21-19-44)36-15-22-51-27-36)37-13-10-33(37)25-46-17-5-4-8-31-23-35(42)12-9-34(31)26-52-39-14-11-32(24-38(39)46)40(47)43-53(48,49)30(29)2/h6,9,11-12,14,16,23-24,29-30,33,36-37H,4-5,7-8,10,13,15,17-22,25-28H2,1-3H3,(H,43,47)/b16-6+/t29-,30+,33-,36+,37+,41+/m0/s1. The number of carbonyl (C=O) groups excluding carboxylic acids is 1. The van der Waals surface area contributed by atoms with Gasteiger partial charge in [-0.2, -0.15) is 0 Å². The Bertz CT molecular complexity index is 1740. The zero-order chi connectivity index (χ0) is 37.2. The number of benzene rings is 2. The quantitative estimate of drug-likeness (QED) is 0.380. The third kappa shape index (κ3) is 8.60. The maximum Gasteiger partial charge on any atom is 0.264 e. The lowest BCUT2D eigenvalue weighted by Gasteiger charge is -2.52. The maximum atomic E-state index is 13.6. The second-order valence-corrected chi connectivity index (χ2v) is 18.5. The van der Waals surface area contributed by atoms with E-state index in [1.165, 1.54) is 5.56 Å². The Hall–Kier alpha value is -2.67. The number of halogens is 1. The van der Waals surface area contributed by atoms with Crippen LogP contribution in [0.2, 0.25) is 5.02 Å². The smallest absolute Gasteiger partial charge is 0.264 e. The number of anilines is 1. The van der Waals surface area contributed by atoms with Gasteiger partial charge in [-0.15, -0.1) is 0 Å². The molecule has 3 fully saturated rings. The van der Waals surface area contributed by atoms with E-state index < -0.39 is 26.8 Å². The molecule has 4 aliphatic heterocycles. The van der Waals surface area contributed by atoms with Crippen molar-refractivity contribution in [1.29, 1.82) is 0 Å². The summed E-state index contributed by atoms with van der Waals surface area (Å²) in [5.41, 5.74) is 2.88. The average Bonchev–Trinajstić information content (AvgIpc) is 3.67. The molecule has 6 atom stereocenters. The second kappa shape index (κ2) is 16.6. The fourth-order valence-corrected chi connectivity index (χ4v) is 10.6. The first-order chi connectivity index (χ1) is 25.5. The van der Waals surface area contributed by atoms with Gasteiger partial charge in [0.2, 0.25) is 10.0 Å². The van der Waals surface area contributed by atoms with Gasteiger partial charge in [0, 0.05) is 76.2 Å². The Kier molecular flexibility index (Phi) is 12.1.